The fourth-order valence-electron chi connectivity index (χ4n) is 3.58. The van der Waals surface area contributed by atoms with Crippen LogP contribution in [0.4, 0.5) is 0 Å². The third kappa shape index (κ3) is 4.01. The molecule has 3 aromatic carbocycles. The van der Waals surface area contributed by atoms with Crippen molar-refractivity contribution in [2.45, 2.75) is 19.9 Å². The van der Waals surface area contributed by atoms with Gasteiger partial charge in [0.25, 0.3) is 5.91 Å². The zero-order valence-electron chi connectivity index (χ0n) is 17.0. The lowest BCUT2D eigenvalue weighted by molar-refractivity contribution is -0.120. The van der Waals surface area contributed by atoms with E-state index in [0.29, 0.717) is 5.56 Å². The van der Waals surface area contributed by atoms with Crippen LogP contribution in [0.1, 0.15) is 24.2 Å². The normalized spacial score (nSPS) is 11.0. The van der Waals surface area contributed by atoms with Crippen LogP contribution in [0.2, 0.25) is 0 Å². The van der Waals surface area contributed by atoms with Crippen molar-refractivity contribution in [3.8, 4) is 11.3 Å². The fourth-order valence-corrected chi connectivity index (χ4v) is 3.58. The molecule has 0 bridgehead atoms. The Morgan fingerprint density at radius 1 is 0.900 bits per heavy atom. The van der Waals surface area contributed by atoms with Gasteiger partial charge in [-0.25, -0.2) is 4.98 Å². The second kappa shape index (κ2) is 8.33. The number of nitrogens with zero attached hydrogens (tertiary/aromatic N) is 1. The van der Waals surface area contributed by atoms with Crippen LogP contribution in [-0.2, 0) is 4.79 Å². The van der Waals surface area contributed by atoms with Gasteiger partial charge in [0.15, 0.2) is 0 Å². The van der Waals surface area contributed by atoms with Crippen molar-refractivity contribution in [2.24, 2.45) is 0 Å². The lowest BCUT2D eigenvalue weighted by atomic mass is 9.99. The molecule has 0 spiro atoms. The summed E-state index contributed by atoms with van der Waals surface area (Å²) in [5.74, 6) is -0.514. The average Bonchev–Trinajstić information content (AvgIpc) is 2.76. The summed E-state index contributed by atoms with van der Waals surface area (Å²) in [5.41, 5.74) is 2.92. The quantitative estimate of drug-likeness (QED) is 0.527. The number of carbonyl (C=O) groups is 2. The number of nitrogens with one attached hydrogen (secondary N) is 2. The molecule has 4 rings (SSSR count). The van der Waals surface area contributed by atoms with E-state index in [0.717, 1.165) is 32.9 Å². The highest BCUT2D eigenvalue weighted by Gasteiger charge is 2.16. The summed E-state index contributed by atoms with van der Waals surface area (Å²) in [4.78, 5) is 29.7. The largest absolute Gasteiger partial charge is 0.352 e. The van der Waals surface area contributed by atoms with Gasteiger partial charge < -0.3 is 10.6 Å². The van der Waals surface area contributed by atoms with E-state index in [1.807, 2.05) is 62.4 Å². The number of para-hydroxylation sites is 1. The Kier molecular flexibility index (Phi) is 5.44. The zero-order chi connectivity index (χ0) is 21.1. The van der Waals surface area contributed by atoms with Crippen molar-refractivity contribution in [3.63, 3.8) is 0 Å². The predicted octanol–water partition coefficient (Wildman–Crippen LogP) is 4.31. The molecule has 0 atom stereocenters. The molecule has 4 aromatic rings. The van der Waals surface area contributed by atoms with E-state index in [1.54, 1.807) is 6.07 Å². The Bertz CT molecular complexity index is 1240. The van der Waals surface area contributed by atoms with Crippen LogP contribution in [-0.4, -0.2) is 29.4 Å². The van der Waals surface area contributed by atoms with Gasteiger partial charge in [-0.3, -0.25) is 9.59 Å². The van der Waals surface area contributed by atoms with E-state index in [-0.39, 0.29) is 24.4 Å². The van der Waals surface area contributed by atoms with Gasteiger partial charge in [0.1, 0.15) is 0 Å². The first-order valence-electron chi connectivity index (χ1n) is 9.98. The van der Waals surface area contributed by atoms with E-state index in [9.17, 15) is 9.59 Å². The number of benzene rings is 3. The monoisotopic (exact) mass is 397 g/mol. The summed E-state index contributed by atoms with van der Waals surface area (Å²) in [7, 11) is 0. The minimum Gasteiger partial charge on any atom is -0.352 e. The van der Waals surface area contributed by atoms with Crippen LogP contribution in [0.25, 0.3) is 32.9 Å². The third-order valence-corrected chi connectivity index (χ3v) is 4.89. The molecule has 0 saturated heterocycles. The third-order valence-electron chi connectivity index (χ3n) is 4.89. The molecule has 0 unspecified atom stereocenters. The number of aromatic nitrogens is 1. The Morgan fingerprint density at radius 2 is 1.60 bits per heavy atom. The maximum absolute atomic E-state index is 13.0. The topological polar surface area (TPSA) is 71.1 Å². The van der Waals surface area contributed by atoms with Crippen molar-refractivity contribution in [2.75, 3.05) is 6.54 Å². The van der Waals surface area contributed by atoms with Gasteiger partial charge in [0.05, 0.1) is 23.3 Å². The zero-order valence-corrected chi connectivity index (χ0v) is 17.0. The van der Waals surface area contributed by atoms with Crippen molar-refractivity contribution < 1.29 is 9.59 Å². The minimum absolute atomic E-state index is 0.0223. The minimum atomic E-state index is -0.297. The molecule has 1 heterocycles. The number of fused-ring (bicyclic) bond motifs is 2. The first-order valence-corrected chi connectivity index (χ1v) is 9.98. The highest BCUT2D eigenvalue weighted by atomic mass is 16.2. The maximum Gasteiger partial charge on any atom is 0.252 e. The standard InChI is InChI=1S/C25H23N3O2/c1-16(2)27-24(29)15-26-25(30)21-14-23(28-22-13-6-5-11-20(21)22)19-12-7-9-17-8-3-4-10-18(17)19/h3-14,16H,15H2,1-2H3,(H,26,30)(H,27,29). The van der Waals surface area contributed by atoms with Gasteiger partial charge in [0.2, 0.25) is 5.91 Å². The smallest absolute Gasteiger partial charge is 0.252 e. The number of pyridine rings is 1. The summed E-state index contributed by atoms with van der Waals surface area (Å²) in [6, 6.07) is 23.5. The second-order valence-electron chi connectivity index (χ2n) is 7.50. The molecule has 5 nitrogen and oxygen atoms in total. The molecular formula is C25H23N3O2. The van der Waals surface area contributed by atoms with E-state index in [2.05, 4.69) is 28.8 Å². The number of hydrogen-bond donors (Lipinski definition) is 2. The van der Waals surface area contributed by atoms with Crippen molar-refractivity contribution in [1.29, 1.82) is 0 Å². The highest BCUT2D eigenvalue weighted by molar-refractivity contribution is 6.09. The van der Waals surface area contributed by atoms with Crippen LogP contribution in [0, 0.1) is 0 Å². The van der Waals surface area contributed by atoms with E-state index in [4.69, 9.17) is 4.98 Å². The summed E-state index contributed by atoms with van der Waals surface area (Å²) in [6.07, 6.45) is 0. The van der Waals surface area contributed by atoms with Crippen molar-refractivity contribution >= 4 is 33.5 Å². The van der Waals surface area contributed by atoms with Gasteiger partial charge in [-0.1, -0.05) is 60.7 Å². The Hall–Kier alpha value is -3.73. The highest BCUT2D eigenvalue weighted by Crippen LogP contribution is 2.30. The van der Waals surface area contributed by atoms with Crippen LogP contribution in [0.15, 0.2) is 72.8 Å². The van der Waals surface area contributed by atoms with Crippen LogP contribution in [0.5, 0.6) is 0 Å². The first-order chi connectivity index (χ1) is 14.5. The Labute approximate surface area is 175 Å². The molecular weight excluding hydrogens is 374 g/mol. The van der Waals surface area contributed by atoms with Gasteiger partial charge in [0, 0.05) is 17.0 Å². The molecule has 0 radical (unpaired) electrons. The molecule has 30 heavy (non-hydrogen) atoms. The van der Waals surface area contributed by atoms with E-state index >= 15 is 0 Å². The molecule has 2 amide bonds. The lowest BCUT2D eigenvalue weighted by Gasteiger charge is -2.13. The summed E-state index contributed by atoms with van der Waals surface area (Å²) >= 11 is 0. The molecule has 0 fully saturated rings. The van der Waals surface area contributed by atoms with Gasteiger partial charge >= 0.3 is 0 Å². The molecule has 1 aromatic heterocycles. The van der Waals surface area contributed by atoms with Crippen LogP contribution < -0.4 is 10.6 Å². The molecule has 0 saturated carbocycles. The first kappa shape index (κ1) is 19.6. The lowest BCUT2D eigenvalue weighted by Crippen LogP contribution is -2.39. The summed E-state index contributed by atoms with van der Waals surface area (Å²) in [6.45, 7) is 3.69. The SMILES string of the molecule is CC(C)NC(=O)CNC(=O)c1cc(-c2cccc3ccccc23)nc2ccccc12. The van der Waals surface area contributed by atoms with Crippen molar-refractivity contribution in [3.05, 3.63) is 78.4 Å². The number of amides is 2. The predicted molar refractivity (Wildman–Crippen MR) is 120 cm³/mol. The van der Waals surface area contributed by atoms with E-state index in [1.165, 1.54) is 0 Å². The number of rotatable bonds is 5. The molecule has 0 aliphatic rings. The van der Waals surface area contributed by atoms with Crippen molar-refractivity contribution in [1.82, 2.24) is 15.6 Å². The number of hydrogen-bond acceptors (Lipinski definition) is 3. The van der Waals surface area contributed by atoms with Crippen LogP contribution >= 0.6 is 0 Å². The molecule has 150 valence electrons. The molecule has 5 heteroatoms. The summed E-state index contributed by atoms with van der Waals surface area (Å²) in [5, 5.41) is 8.45. The van der Waals surface area contributed by atoms with E-state index < -0.39 is 0 Å². The Morgan fingerprint density at radius 3 is 2.40 bits per heavy atom. The van der Waals surface area contributed by atoms with Gasteiger partial charge in [-0.15, -0.1) is 0 Å². The molecule has 2 N–H and O–H groups in total. The van der Waals surface area contributed by atoms with Gasteiger partial charge in [-0.2, -0.15) is 0 Å². The number of carbonyl (C=O) groups excluding carboxylic acids is 2. The maximum atomic E-state index is 13.0. The molecule has 0 aliphatic heterocycles. The second-order valence-corrected chi connectivity index (χ2v) is 7.50. The summed E-state index contributed by atoms with van der Waals surface area (Å²) < 4.78 is 0. The Balaban J connectivity index is 1.76. The average molecular weight is 397 g/mol. The fraction of sp³-hybridized carbons (Fsp3) is 0.160. The van der Waals surface area contributed by atoms with Crippen LogP contribution in [0.3, 0.4) is 0 Å². The van der Waals surface area contributed by atoms with Gasteiger partial charge in [-0.05, 0) is 36.8 Å². The molecule has 0 aliphatic carbocycles.